The minimum Gasteiger partial charge on any atom is -0.478 e. The molecule has 1 N–H and O–H groups in total. The number of piperidine rings is 1. The molecule has 2 aromatic carbocycles. The van der Waals surface area contributed by atoms with E-state index in [-0.39, 0.29) is 22.4 Å². The Balaban J connectivity index is 1.72. The summed E-state index contributed by atoms with van der Waals surface area (Å²) in [5.41, 5.74) is -0.659. The highest BCUT2D eigenvalue weighted by molar-refractivity contribution is 7.92. The number of sulfonamides is 1. The Hall–Kier alpha value is -3.01. The van der Waals surface area contributed by atoms with Crippen LogP contribution in [0.5, 0.6) is 0 Å². The van der Waals surface area contributed by atoms with Crippen molar-refractivity contribution in [3.63, 3.8) is 0 Å². The van der Waals surface area contributed by atoms with Crippen molar-refractivity contribution in [1.29, 1.82) is 0 Å². The lowest BCUT2D eigenvalue weighted by molar-refractivity contribution is -0.130. The molecule has 2 aliphatic heterocycles. The summed E-state index contributed by atoms with van der Waals surface area (Å²) in [4.78, 5) is 25.3. The second-order valence-corrected chi connectivity index (χ2v) is 11.2. The van der Waals surface area contributed by atoms with Gasteiger partial charge in [0.2, 0.25) is 5.91 Å². The topological polar surface area (TPSA) is 95.0 Å². The molecule has 5 rings (SSSR count). The minimum atomic E-state index is -4.21. The van der Waals surface area contributed by atoms with Crippen molar-refractivity contribution in [2.75, 3.05) is 17.4 Å². The number of hydrogen-bond donors (Lipinski definition) is 1. The largest absolute Gasteiger partial charge is 0.478 e. The number of carboxylic acid groups (broad SMARTS) is 1. The van der Waals surface area contributed by atoms with Crippen LogP contribution >= 0.6 is 0 Å². The van der Waals surface area contributed by atoms with Gasteiger partial charge in [0.1, 0.15) is 11.6 Å². The van der Waals surface area contributed by atoms with Gasteiger partial charge in [-0.05, 0) is 73.6 Å². The maximum atomic E-state index is 14.9. The molecule has 7 nitrogen and oxygen atoms in total. The lowest BCUT2D eigenvalue weighted by Crippen LogP contribution is -2.54. The molecule has 1 saturated heterocycles. The Morgan fingerprint density at radius 2 is 1.68 bits per heavy atom. The number of benzene rings is 2. The summed E-state index contributed by atoms with van der Waals surface area (Å²) in [5, 5.41) is 9.56. The molecule has 0 aromatic heterocycles. The van der Waals surface area contributed by atoms with Crippen LogP contribution in [0.4, 0.5) is 14.5 Å². The van der Waals surface area contributed by atoms with Crippen LogP contribution in [-0.2, 0) is 20.2 Å². The molecule has 2 fully saturated rings. The molecule has 1 unspecified atom stereocenters. The molecule has 2 heterocycles. The highest BCUT2D eigenvalue weighted by Gasteiger charge is 2.60. The van der Waals surface area contributed by atoms with E-state index >= 15 is 0 Å². The van der Waals surface area contributed by atoms with E-state index in [4.69, 9.17) is 0 Å². The van der Waals surface area contributed by atoms with Crippen molar-refractivity contribution in [3.8, 4) is 0 Å². The zero-order chi connectivity index (χ0) is 24.4. The maximum absolute atomic E-state index is 14.9. The molecular weight excluding hydrogens is 466 g/mol. The van der Waals surface area contributed by atoms with Crippen LogP contribution in [0.3, 0.4) is 0 Å². The van der Waals surface area contributed by atoms with Gasteiger partial charge in [-0.15, -0.1) is 0 Å². The average molecular weight is 491 g/mol. The summed E-state index contributed by atoms with van der Waals surface area (Å²) in [5.74, 6) is -3.09. The van der Waals surface area contributed by atoms with Crippen molar-refractivity contribution in [2.45, 2.75) is 49.0 Å². The zero-order valence-electron chi connectivity index (χ0n) is 18.5. The van der Waals surface area contributed by atoms with E-state index < -0.39 is 44.6 Å². The molecule has 1 amide bonds. The molecule has 1 atom stereocenters. The zero-order valence-corrected chi connectivity index (χ0v) is 19.3. The number of rotatable bonds is 4. The van der Waals surface area contributed by atoms with Gasteiger partial charge in [0, 0.05) is 25.4 Å². The van der Waals surface area contributed by atoms with E-state index in [9.17, 15) is 31.9 Å². The van der Waals surface area contributed by atoms with Crippen LogP contribution in [0.2, 0.25) is 0 Å². The van der Waals surface area contributed by atoms with Crippen LogP contribution in [-0.4, -0.2) is 49.4 Å². The fourth-order valence-electron chi connectivity index (χ4n) is 5.68. The maximum Gasteiger partial charge on any atom is 0.338 e. The highest BCUT2D eigenvalue weighted by atomic mass is 32.2. The van der Waals surface area contributed by atoms with Gasteiger partial charge in [-0.25, -0.2) is 22.0 Å². The van der Waals surface area contributed by atoms with Crippen molar-refractivity contribution >= 4 is 27.6 Å². The monoisotopic (exact) mass is 490 g/mol. The molecule has 34 heavy (non-hydrogen) atoms. The fraction of sp³-hybridized carbons (Fsp3) is 0.417. The molecule has 3 aliphatic rings. The molecule has 2 aromatic rings. The first kappa shape index (κ1) is 22.8. The third-order valence-electron chi connectivity index (χ3n) is 7.45. The minimum absolute atomic E-state index is 0.0165. The Morgan fingerprint density at radius 3 is 2.21 bits per heavy atom. The van der Waals surface area contributed by atoms with Crippen LogP contribution in [0.25, 0.3) is 0 Å². The summed E-state index contributed by atoms with van der Waals surface area (Å²) in [6.07, 6.45) is 2.45. The summed E-state index contributed by atoms with van der Waals surface area (Å²) in [6, 6.07) is 6.21. The number of fused-ring (bicyclic) bond motifs is 2. The highest BCUT2D eigenvalue weighted by Crippen LogP contribution is 2.59. The number of aromatic carboxylic acids is 1. The van der Waals surface area contributed by atoms with E-state index in [2.05, 4.69) is 0 Å². The number of halogens is 2. The predicted octanol–water partition coefficient (Wildman–Crippen LogP) is 3.53. The van der Waals surface area contributed by atoms with E-state index in [1.807, 2.05) is 0 Å². The first-order valence-electron chi connectivity index (χ1n) is 11.2. The quantitative estimate of drug-likeness (QED) is 0.708. The number of carboxylic acids is 1. The Labute approximate surface area is 196 Å². The second-order valence-electron chi connectivity index (χ2n) is 9.35. The Morgan fingerprint density at radius 1 is 1.06 bits per heavy atom. The molecule has 0 bridgehead atoms. The number of carbonyl (C=O) groups is 2. The summed E-state index contributed by atoms with van der Waals surface area (Å²) < 4.78 is 57.4. The molecule has 1 aliphatic carbocycles. The van der Waals surface area contributed by atoms with Gasteiger partial charge >= 0.3 is 5.97 Å². The van der Waals surface area contributed by atoms with Gasteiger partial charge in [0.05, 0.1) is 22.2 Å². The van der Waals surface area contributed by atoms with E-state index in [1.165, 1.54) is 29.4 Å². The number of anilines is 1. The normalized spacial score (nSPS) is 21.6. The smallest absolute Gasteiger partial charge is 0.338 e. The SMILES string of the molecule is CC(=O)N1CCC2(CC1)c1cc(C(=O)O)c(F)cc1N(S(=O)(=O)c1ccc(F)cc1)C2C1CC1. The summed E-state index contributed by atoms with van der Waals surface area (Å²) in [6.45, 7) is 2.26. The molecule has 1 spiro atoms. The van der Waals surface area contributed by atoms with E-state index in [1.54, 1.807) is 4.90 Å². The van der Waals surface area contributed by atoms with Crippen molar-refractivity contribution in [3.05, 3.63) is 59.2 Å². The predicted molar refractivity (Wildman–Crippen MR) is 119 cm³/mol. The Kier molecular flexibility index (Phi) is 5.20. The standard InChI is InChI=1S/C24H24F2N2O5S/c1-14(29)27-10-8-24(9-11-27)19-12-18(23(30)31)20(26)13-21(19)28(22(24)15-2-3-15)34(32,33)17-6-4-16(25)5-7-17/h4-7,12-13,15,22H,2-3,8-11H2,1H3,(H,30,31). The third kappa shape index (κ3) is 3.38. The Bertz CT molecular complexity index is 1280. The third-order valence-corrected chi connectivity index (χ3v) is 9.26. The number of nitrogens with zero attached hydrogens (tertiary/aromatic N) is 2. The van der Waals surface area contributed by atoms with Gasteiger partial charge in [-0.3, -0.25) is 9.10 Å². The number of carbonyl (C=O) groups excluding carboxylic acids is 1. The van der Waals surface area contributed by atoms with Gasteiger partial charge < -0.3 is 10.0 Å². The van der Waals surface area contributed by atoms with Gasteiger partial charge in [-0.2, -0.15) is 0 Å². The van der Waals surface area contributed by atoms with E-state index in [0.717, 1.165) is 31.0 Å². The first-order chi connectivity index (χ1) is 16.1. The average Bonchev–Trinajstić information content (AvgIpc) is 3.58. The van der Waals surface area contributed by atoms with Crippen LogP contribution in [0.1, 0.15) is 48.5 Å². The van der Waals surface area contributed by atoms with Gasteiger partial charge in [0.15, 0.2) is 0 Å². The number of hydrogen-bond acceptors (Lipinski definition) is 4. The van der Waals surface area contributed by atoms with E-state index in [0.29, 0.717) is 31.5 Å². The molecule has 10 heteroatoms. The molecular formula is C24H24F2N2O5S. The lowest BCUT2D eigenvalue weighted by Gasteiger charge is -2.45. The van der Waals surface area contributed by atoms with Crippen molar-refractivity contribution < 1.29 is 31.9 Å². The first-order valence-corrected chi connectivity index (χ1v) is 12.6. The molecule has 0 radical (unpaired) electrons. The lowest BCUT2D eigenvalue weighted by atomic mass is 9.68. The number of likely N-dealkylation sites (tertiary alicyclic amines) is 1. The van der Waals surface area contributed by atoms with Crippen LogP contribution in [0.15, 0.2) is 41.3 Å². The van der Waals surface area contributed by atoms with Gasteiger partial charge in [-0.1, -0.05) is 0 Å². The van der Waals surface area contributed by atoms with Gasteiger partial charge in [0.25, 0.3) is 10.0 Å². The van der Waals surface area contributed by atoms with Crippen LogP contribution in [0, 0.1) is 17.6 Å². The molecule has 180 valence electrons. The second kappa shape index (κ2) is 7.76. The van der Waals surface area contributed by atoms with Crippen molar-refractivity contribution in [2.24, 2.45) is 5.92 Å². The summed E-state index contributed by atoms with van der Waals surface area (Å²) in [7, 11) is -4.21. The van der Waals surface area contributed by atoms with Crippen molar-refractivity contribution in [1.82, 2.24) is 4.90 Å². The molecule has 1 saturated carbocycles. The summed E-state index contributed by atoms with van der Waals surface area (Å²) >= 11 is 0. The fourth-order valence-corrected chi connectivity index (χ4v) is 7.47. The number of amides is 1. The van der Waals surface area contributed by atoms with Crippen LogP contribution < -0.4 is 4.31 Å².